The summed E-state index contributed by atoms with van der Waals surface area (Å²) in [6, 6.07) is 0. The summed E-state index contributed by atoms with van der Waals surface area (Å²) in [6.45, 7) is 3.77. The third-order valence-corrected chi connectivity index (χ3v) is 0.633. The van der Waals surface area contributed by atoms with Crippen LogP contribution in [0.3, 0.4) is 0 Å². The summed E-state index contributed by atoms with van der Waals surface area (Å²) in [7, 11) is 1.48. The van der Waals surface area contributed by atoms with Crippen LogP contribution in [0.2, 0.25) is 0 Å². The van der Waals surface area contributed by atoms with Crippen molar-refractivity contribution in [2.45, 2.75) is 6.92 Å². The van der Waals surface area contributed by atoms with Gasteiger partial charge in [0, 0.05) is 6.61 Å². The van der Waals surface area contributed by atoms with E-state index >= 15 is 0 Å². The van der Waals surface area contributed by atoms with Crippen molar-refractivity contribution in [3.05, 3.63) is 0 Å². The number of hydrogen-bond donors (Lipinski definition) is 0. The highest BCUT2D eigenvalue weighted by atomic mass is 17.2. The van der Waals surface area contributed by atoms with Gasteiger partial charge in [-0.1, -0.05) is 0 Å². The van der Waals surface area contributed by atoms with E-state index in [1.807, 2.05) is 6.92 Å². The summed E-state index contributed by atoms with van der Waals surface area (Å²) < 4.78 is 4.93. The van der Waals surface area contributed by atoms with Gasteiger partial charge in [-0.2, -0.15) is 0 Å². The van der Waals surface area contributed by atoms with E-state index in [-0.39, 0.29) is 0 Å². The van der Waals surface area contributed by atoms with Gasteiger partial charge in [0.05, 0.1) is 13.7 Å². The van der Waals surface area contributed by atoms with Crippen LogP contribution in [-0.2, 0) is 14.5 Å². The minimum Gasteiger partial charge on any atom is -0.379 e. The fraction of sp³-hybridized carbons (Fsp3) is 1.00. The first kappa shape index (κ1) is 7.88. The Morgan fingerprint density at radius 1 is 1.25 bits per heavy atom. The Kier molecular flexibility index (Phi) is 6.78. The maximum absolute atomic E-state index is 4.93. The first-order chi connectivity index (χ1) is 3.91. The zero-order chi connectivity index (χ0) is 6.24. The van der Waals surface area contributed by atoms with E-state index in [1.165, 1.54) is 7.11 Å². The van der Waals surface area contributed by atoms with Crippen LogP contribution in [0.5, 0.6) is 0 Å². The highest BCUT2D eigenvalue weighted by Gasteiger charge is 1.82. The van der Waals surface area contributed by atoms with Crippen LogP contribution in [0.1, 0.15) is 6.92 Å². The van der Waals surface area contributed by atoms with E-state index in [0.29, 0.717) is 13.2 Å². The Hall–Kier alpha value is -0.120. The van der Waals surface area contributed by atoms with Crippen LogP contribution in [0.4, 0.5) is 0 Å². The molecule has 0 saturated heterocycles. The standard InChI is InChI=1S/C5H12O3/c1-3-7-4-5-8-6-2/h3-5H2,1-2H3. The third-order valence-electron chi connectivity index (χ3n) is 0.633. The van der Waals surface area contributed by atoms with E-state index in [0.717, 1.165) is 6.61 Å². The van der Waals surface area contributed by atoms with Gasteiger partial charge < -0.3 is 4.74 Å². The lowest BCUT2D eigenvalue weighted by Gasteiger charge is -1.98. The Morgan fingerprint density at radius 2 is 2.00 bits per heavy atom. The molecular formula is C5H12O3. The molecule has 0 aromatic heterocycles. The topological polar surface area (TPSA) is 27.7 Å². The van der Waals surface area contributed by atoms with Crippen LogP contribution < -0.4 is 0 Å². The van der Waals surface area contributed by atoms with Crippen molar-refractivity contribution in [3.63, 3.8) is 0 Å². The van der Waals surface area contributed by atoms with Gasteiger partial charge in [-0.3, -0.25) is 0 Å². The number of hydrogen-bond acceptors (Lipinski definition) is 3. The van der Waals surface area contributed by atoms with Gasteiger partial charge in [-0.05, 0) is 6.92 Å². The van der Waals surface area contributed by atoms with Crippen molar-refractivity contribution < 1.29 is 14.5 Å². The summed E-state index contributed by atoms with van der Waals surface area (Å²) >= 11 is 0. The molecule has 0 saturated carbocycles. The van der Waals surface area contributed by atoms with Crippen molar-refractivity contribution >= 4 is 0 Å². The van der Waals surface area contributed by atoms with Gasteiger partial charge in [0.15, 0.2) is 0 Å². The van der Waals surface area contributed by atoms with E-state index in [4.69, 9.17) is 4.74 Å². The van der Waals surface area contributed by atoms with E-state index < -0.39 is 0 Å². The largest absolute Gasteiger partial charge is 0.379 e. The average Bonchev–Trinajstić information content (AvgIpc) is 1.81. The van der Waals surface area contributed by atoms with Crippen LogP contribution >= 0.6 is 0 Å². The second-order valence-corrected chi connectivity index (χ2v) is 1.19. The van der Waals surface area contributed by atoms with Crippen molar-refractivity contribution in [3.8, 4) is 0 Å². The first-order valence-electron chi connectivity index (χ1n) is 2.65. The molecule has 0 bridgehead atoms. The van der Waals surface area contributed by atoms with Gasteiger partial charge >= 0.3 is 0 Å². The van der Waals surface area contributed by atoms with Crippen molar-refractivity contribution in [2.75, 3.05) is 26.9 Å². The quantitative estimate of drug-likeness (QED) is 0.302. The molecule has 0 spiro atoms. The van der Waals surface area contributed by atoms with Gasteiger partial charge in [-0.15, -0.1) is 0 Å². The lowest BCUT2D eigenvalue weighted by molar-refractivity contribution is -0.277. The maximum Gasteiger partial charge on any atom is 0.106 e. The molecule has 3 nitrogen and oxygen atoms in total. The SMILES string of the molecule is CCOCCOOC. The molecule has 0 aromatic carbocycles. The Labute approximate surface area is 49.5 Å². The van der Waals surface area contributed by atoms with Gasteiger partial charge in [-0.25, -0.2) is 9.78 Å². The van der Waals surface area contributed by atoms with E-state index in [2.05, 4.69) is 9.78 Å². The van der Waals surface area contributed by atoms with E-state index in [1.54, 1.807) is 0 Å². The summed E-state index contributed by atoms with van der Waals surface area (Å²) in [4.78, 5) is 8.82. The summed E-state index contributed by atoms with van der Waals surface area (Å²) in [5.41, 5.74) is 0. The minimum atomic E-state index is 0.504. The van der Waals surface area contributed by atoms with Gasteiger partial charge in [0.25, 0.3) is 0 Å². The van der Waals surface area contributed by atoms with Crippen LogP contribution in [-0.4, -0.2) is 26.9 Å². The number of ether oxygens (including phenoxy) is 1. The Balaban J connectivity index is 2.53. The number of rotatable bonds is 5. The molecule has 3 heteroatoms. The lowest BCUT2D eigenvalue weighted by atomic mass is 10.7. The molecule has 8 heavy (non-hydrogen) atoms. The summed E-state index contributed by atoms with van der Waals surface area (Å²) in [6.07, 6.45) is 0. The highest BCUT2D eigenvalue weighted by Crippen LogP contribution is 1.75. The molecule has 0 aliphatic heterocycles. The fourth-order valence-corrected chi connectivity index (χ4v) is 0.321. The molecule has 0 unspecified atom stereocenters. The van der Waals surface area contributed by atoms with Crippen LogP contribution in [0, 0.1) is 0 Å². The fourth-order valence-electron chi connectivity index (χ4n) is 0.321. The molecule has 0 rings (SSSR count). The van der Waals surface area contributed by atoms with Crippen LogP contribution in [0.25, 0.3) is 0 Å². The second-order valence-electron chi connectivity index (χ2n) is 1.19. The monoisotopic (exact) mass is 120 g/mol. The predicted molar refractivity (Wildman–Crippen MR) is 29.5 cm³/mol. The Bertz CT molecular complexity index is 32.7. The third kappa shape index (κ3) is 5.88. The molecule has 0 fully saturated rings. The second kappa shape index (κ2) is 6.88. The lowest BCUT2D eigenvalue weighted by Crippen LogP contribution is -2.02. The molecule has 50 valence electrons. The zero-order valence-corrected chi connectivity index (χ0v) is 5.35. The van der Waals surface area contributed by atoms with E-state index in [9.17, 15) is 0 Å². The minimum absolute atomic E-state index is 0.504. The molecule has 0 aromatic rings. The predicted octanol–water partition coefficient (Wildman–Crippen LogP) is 0.601. The average molecular weight is 120 g/mol. The molecular weight excluding hydrogens is 108 g/mol. The molecule has 0 N–H and O–H groups in total. The van der Waals surface area contributed by atoms with Crippen molar-refractivity contribution in [2.24, 2.45) is 0 Å². The Morgan fingerprint density at radius 3 is 2.50 bits per heavy atom. The summed E-state index contributed by atoms with van der Waals surface area (Å²) in [5, 5.41) is 0. The van der Waals surface area contributed by atoms with Gasteiger partial charge in [0.2, 0.25) is 0 Å². The molecule has 0 aliphatic carbocycles. The zero-order valence-electron chi connectivity index (χ0n) is 5.35. The van der Waals surface area contributed by atoms with Crippen molar-refractivity contribution in [1.29, 1.82) is 0 Å². The highest BCUT2D eigenvalue weighted by molar-refractivity contribution is 4.20. The van der Waals surface area contributed by atoms with Crippen molar-refractivity contribution in [1.82, 2.24) is 0 Å². The molecule has 0 radical (unpaired) electrons. The smallest absolute Gasteiger partial charge is 0.106 e. The maximum atomic E-state index is 4.93. The van der Waals surface area contributed by atoms with Gasteiger partial charge in [0.1, 0.15) is 6.61 Å². The van der Waals surface area contributed by atoms with Crippen LogP contribution in [0.15, 0.2) is 0 Å². The molecule has 0 aliphatic rings. The molecule has 0 amide bonds. The molecule has 0 atom stereocenters. The molecule has 0 heterocycles. The first-order valence-corrected chi connectivity index (χ1v) is 2.65. The normalized spacial score (nSPS) is 9.75. The summed E-state index contributed by atoms with van der Waals surface area (Å²) in [5.74, 6) is 0.